The number of hydrogen-bond donors (Lipinski definition) is 5. The molecule has 9 heteroatoms. The monoisotopic (exact) mass is 540 g/mol. The number of carbonyl (C=O) groups is 2. The Kier molecular flexibility index (Phi) is 10.7. The van der Waals surface area contributed by atoms with Crippen molar-refractivity contribution in [3.63, 3.8) is 0 Å². The highest BCUT2D eigenvalue weighted by Gasteiger charge is 2.23. The molecule has 0 aliphatic carbocycles. The highest BCUT2D eigenvalue weighted by molar-refractivity contribution is 5.98. The van der Waals surface area contributed by atoms with E-state index < -0.39 is 12.0 Å². The first-order valence-corrected chi connectivity index (χ1v) is 12.4. The van der Waals surface area contributed by atoms with Gasteiger partial charge in [-0.1, -0.05) is 54.6 Å². The van der Waals surface area contributed by atoms with Crippen molar-refractivity contribution in [2.24, 2.45) is 5.73 Å². The summed E-state index contributed by atoms with van der Waals surface area (Å²) in [5.74, 6) is 0.0143. The fraction of sp³-hybridized carbons (Fsp3) is 0.129. The summed E-state index contributed by atoms with van der Waals surface area (Å²) in [6.07, 6.45) is 0. The van der Waals surface area contributed by atoms with E-state index in [1.54, 1.807) is 43.5 Å². The zero-order valence-electron chi connectivity index (χ0n) is 22.3. The molecule has 0 aliphatic heterocycles. The number of methoxy groups -OCH3 is 1. The van der Waals surface area contributed by atoms with E-state index in [2.05, 4.69) is 10.6 Å². The summed E-state index contributed by atoms with van der Waals surface area (Å²) < 4.78 is 11.6. The number of benzene rings is 4. The number of nitrogens with two attached hydrogens (primary N) is 1. The Morgan fingerprint density at radius 3 is 2.05 bits per heavy atom. The number of para-hydroxylation sites is 1. The molecule has 0 aliphatic rings. The minimum absolute atomic E-state index is 0.0178. The van der Waals surface area contributed by atoms with Gasteiger partial charge in [0.25, 0.3) is 11.9 Å². The van der Waals surface area contributed by atoms with E-state index in [1.807, 2.05) is 66.7 Å². The second kappa shape index (κ2) is 14.6. The largest absolute Gasteiger partial charge is 0.493 e. The van der Waals surface area contributed by atoms with Crippen LogP contribution in [0, 0.1) is 5.41 Å². The maximum Gasteiger partial charge on any atom is 0.300 e. The van der Waals surface area contributed by atoms with Gasteiger partial charge in [-0.3, -0.25) is 15.0 Å². The second-order valence-corrected chi connectivity index (χ2v) is 8.63. The molecule has 206 valence electrons. The van der Waals surface area contributed by atoms with Crippen LogP contribution in [-0.4, -0.2) is 29.9 Å². The lowest BCUT2D eigenvalue weighted by Gasteiger charge is -2.21. The van der Waals surface area contributed by atoms with Crippen LogP contribution >= 0.6 is 0 Å². The third-order valence-electron chi connectivity index (χ3n) is 5.57. The first kappa shape index (κ1) is 29.2. The number of amides is 1. The van der Waals surface area contributed by atoms with Crippen molar-refractivity contribution in [3.05, 3.63) is 120 Å². The molecule has 0 saturated carbocycles. The number of aliphatic carboxylic acids is 1. The van der Waals surface area contributed by atoms with Crippen LogP contribution in [0.1, 0.15) is 29.7 Å². The third-order valence-corrected chi connectivity index (χ3v) is 5.57. The van der Waals surface area contributed by atoms with E-state index >= 15 is 0 Å². The maximum absolute atomic E-state index is 13.4. The zero-order chi connectivity index (χ0) is 28.9. The van der Waals surface area contributed by atoms with Gasteiger partial charge in [-0.05, 0) is 59.7 Å². The number of anilines is 2. The Bertz CT molecular complexity index is 1410. The van der Waals surface area contributed by atoms with Crippen LogP contribution in [0.15, 0.2) is 103 Å². The smallest absolute Gasteiger partial charge is 0.300 e. The van der Waals surface area contributed by atoms with Crippen LogP contribution in [0.2, 0.25) is 0 Å². The van der Waals surface area contributed by atoms with E-state index in [9.17, 15) is 4.79 Å². The van der Waals surface area contributed by atoms with Crippen LogP contribution in [0.25, 0.3) is 0 Å². The van der Waals surface area contributed by atoms with Gasteiger partial charge >= 0.3 is 0 Å². The van der Waals surface area contributed by atoms with Crippen molar-refractivity contribution in [2.75, 3.05) is 17.7 Å². The van der Waals surface area contributed by atoms with E-state index in [0.717, 1.165) is 12.5 Å². The van der Waals surface area contributed by atoms with Gasteiger partial charge in [-0.25, -0.2) is 0 Å². The average Bonchev–Trinajstić information content (AvgIpc) is 2.95. The number of carboxylic acid groups (broad SMARTS) is 1. The number of hydrogen-bond acceptors (Lipinski definition) is 6. The molecule has 9 nitrogen and oxygen atoms in total. The number of carboxylic acids is 1. The predicted octanol–water partition coefficient (Wildman–Crippen LogP) is 5.44. The van der Waals surface area contributed by atoms with Gasteiger partial charge in [0.05, 0.1) is 7.11 Å². The van der Waals surface area contributed by atoms with E-state index in [-0.39, 0.29) is 11.7 Å². The summed E-state index contributed by atoms with van der Waals surface area (Å²) in [6, 6.07) is 30.9. The van der Waals surface area contributed by atoms with Crippen LogP contribution < -0.4 is 25.8 Å². The number of carbonyl (C=O) groups excluding carboxylic acids is 1. The van der Waals surface area contributed by atoms with E-state index in [1.165, 1.54) is 0 Å². The van der Waals surface area contributed by atoms with Crippen molar-refractivity contribution in [1.82, 2.24) is 0 Å². The van der Waals surface area contributed by atoms with Crippen LogP contribution in [0.5, 0.6) is 11.5 Å². The molecule has 4 aromatic rings. The molecule has 0 bridgehead atoms. The molecule has 0 aromatic heterocycles. The highest BCUT2D eigenvalue weighted by atomic mass is 16.5. The van der Waals surface area contributed by atoms with E-state index in [0.29, 0.717) is 40.6 Å². The maximum atomic E-state index is 13.4. The van der Waals surface area contributed by atoms with Crippen LogP contribution in [-0.2, 0) is 16.2 Å². The van der Waals surface area contributed by atoms with Crippen molar-refractivity contribution >= 4 is 29.1 Å². The topological polar surface area (TPSA) is 147 Å². The van der Waals surface area contributed by atoms with Gasteiger partial charge in [0.2, 0.25) is 0 Å². The molecule has 0 heterocycles. The second-order valence-electron chi connectivity index (χ2n) is 8.63. The lowest BCUT2D eigenvalue weighted by Crippen LogP contribution is -2.27. The summed E-state index contributed by atoms with van der Waals surface area (Å²) >= 11 is 0. The first-order valence-electron chi connectivity index (χ1n) is 12.4. The Hall–Kier alpha value is -5.31. The highest BCUT2D eigenvalue weighted by Crippen LogP contribution is 2.33. The first-order chi connectivity index (χ1) is 19.3. The van der Waals surface area contributed by atoms with Crippen LogP contribution in [0.3, 0.4) is 0 Å². The number of nitrogen functional groups attached to an aromatic ring is 1. The molecule has 6 N–H and O–H groups in total. The molecule has 0 saturated heterocycles. The van der Waals surface area contributed by atoms with Gasteiger partial charge in [-0.2, -0.15) is 0 Å². The number of nitrogens with one attached hydrogen (secondary N) is 3. The van der Waals surface area contributed by atoms with Gasteiger partial charge in [0, 0.05) is 23.9 Å². The van der Waals surface area contributed by atoms with Crippen molar-refractivity contribution < 1.29 is 24.2 Å². The van der Waals surface area contributed by atoms with Gasteiger partial charge < -0.3 is 30.9 Å². The quantitative estimate of drug-likeness (QED) is 0.133. The molecule has 4 rings (SSSR count). The van der Waals surface area contributed by atoms with Gasteiger partial charge in [0.1, 0.15) is 18.5 Å². The standard InChI is InChI=1S/C29H28N4O3.C2H4O2/c1-35-26-18-22(14-17-25(26)36-19-20-8-4-2-5-9-20)27(29(34)33-23-10-6-3-7-11-23)32-24-15-12-21(13-16-24)28(30)31;1-2(3)4/h2-18,27,32H,19H2,1H3,(H3,30,31)(H,33,34);1H3,(H,3,4)/t27-;/m1./s1. The summed E-state index contributed by atoms with van der Waals surface area (Å²) in [6.45, 7) is 1.48. The van der Waals surface area contributed by atoms with Crippen molar-refractivity contribution in [2.45, 2.75) is 19.6 Å². The Labute approximate surface area is 233 Å². The van der Waals surface area contributed by atoms with Crippen LogP contribution in [0.4, 0.5) is 11.4 Å². The predicted molar refractivity (Wildman–Crippen MR) is 156 cm³/mol. The third kappa shape index (κ3) is 8.91. The summed E-state index contributed by atoms with van der Waals surface area (Å²) in [4.78, 5) is 22.4. The molecule has 1 atom stereocenters. The number of rotatable bonds is 10. The SMILES string of the molecule is CC(=O)O.COc1cc([C@@H](Nc2ccc(C(=N)N)cc2)C(=O)Nc2ccccc2)ccc1OCc1ccccc1. The Balaban J connectivity index is 0.00000103. The normalized spacial score (nSPS) is 10.8. The lowest BCUT2D eigenvalue weighted by molar-refractivity contribution is -0.134. The minimum atomic E-state index is -0.833. The summed E-state index contributed by atoms with van der Waals surface area (Å²) in [7, 11) is 1.57. The number of amidine groups is 1. The molecule has 0 radical (unpaired) electrons. The molecular weight excluding hydrogens is 508 g/mol. The van der Waals surface area contributed by atoms with Gasteiger partial charge in [0.15, 0.2) is 11.5 Å². The molecule has 4 aromatic carbocycles. The molecule has 0 fully saturated rings. The fourth-order valence-corrected chi connectivity index (χ4v) is 3.67. The van der Waals surface area contributed by atoms with E-state index in [4.69, 9.17) is 30.5 Å². The Morgan fingerprint density at radius 2 is 1.48 bits per heavy atom. The summed E-state index contributed by atoms with van der Waals surface area (Å²) in [5.41, 5.74) is 9.31. The average molecular weight is 541 g/mol. The molecule has 0 spiro atoms. The lowest BCUT2D eigenvalue weighted by atomic mass is 10.0. The zero-order valence-corrected chi connectivity index (χ0v) is 22.3. The fourth-order valence-electron chi connectivity index (χ4n) is 3.67. The Morgan fingerprint density at radius 1 is 0.875 bits per heavy atom. The molecule has 0 unspecified atom stereocenters. The summed E-state index contributed by atoms with van der Waals surface area (Å²) in [5, 5.41) is 21.3. The minimum Gasteiger partial charge on any atom is -0.493 e. The van der Waals surface area contributed by atoms with Crippen molar-refractivity contribution in [3.8, 4) is 11.5 Å². The van der Waals surface area contributed by atoms with Crippen molar-refractivity contribution in [1.29, 1.82) is 5.41 Å². The molecular formula is C31H32N4O5. The number of ether oxygens (including phenoxy) is 2. The molecule has 40 heavy (non-hydrogen) atoms. The van der Waals surface area contributed by atoms with Gasteiger partial charge in [-0.15, -0.1) is 0 Å². The molecule has 1 amide bonds.